The standard InChI is InChI=1S/C14H14BrClS/c1-2-12-7-8-14(17-12)13(16)9-10-3-5-11(15)6-4-10/h3-8,13H,2,9H2,1H3. The minimum Gasteiger partial charge on any atom is -0.144 e. The molecule has 1 atom stereocenters. The van der Waals surface area contributed by atoms with Gasteiger partial charge >= 0.3 is 0 Å². The Bertz CT molecular complexity index is 475. The van der Waals surface area contributed by atoms with Crippen molar-refractivity contribution in [1.29, 1.82) is 0 Å². The molecule has 0 aliphatic rings. The lowest BCUT2D eigenvalue weighted by molar-refractivity contribution is 0.939. The third-order valence-corrected chi connectivity index (χ3v) is 5.06. The first-order valence-corrected chi connectivity index (χ1v) is 7.70. The molecule has 0 amide bonds. The first-order valence-electron chi connectivity index (χ1n) is 5.66. The zero-order valence-electron chi connectivity index (χ0n) is 9.62. The molecule has 1 aromatic carbocycles. The van der Waals surface area contributed by atoms with Crippen molar-refractivity contribution in [2.75, 3.05) is 0 Å². The highest BCUT2D eigenvalue weighted by Crippen LogP contribution is 2.31. The van der Waals surface area contributed by atoms with Crippen LogP contribution in [-0.2, 0) is 12.8 Å². The molecule has 1 aromatic heterocycles. The van der Waals surface area contributed by atoms with Crippen LogP contribution in [0.4, 0.5) is 0 Å². The Hall–Kier alpha value is -0.310. The third kappa shape index (κ3) is 3.57. The van der Waals surface area contributed by atoms with Gasteiger partial charge in [0.25, 0.3) is 0 Å². The van der Waals surface area contributed by atoms with Gasteiger partial charge < -0.3 is 0 Å². The molecule has 0 nitrogen and oxygen atoms in total. The lowest BCUT2D eigenvalue weighted by Crippen LogP contribution is -1.92. The van der Waals surface area contributed by atoms with Crippen molar-refractivity contribution >= 4 is 38.9 Å². The molecule has 0 fully saturated rings. The maximum atomic E-state index is 6.45. The van der Waals surface area contributed by atoms with E-state index in [0.717, 1.165) is 17.3 Å². The van der Waals surface area contributed by atoms with Crippen LogP contribution in [0.2, 0.25) is 0 Å². The summed E-state index contributed by atoms with van der Waals surface area (Å²) in [5.74, 6) is 0. The van der Waals surface area contributed by atoms with Gasteiger partial charge in [-0.2, -0.15) is 0 Å². The van der Waals surface area contributed by atoms with E-state index in [4.69, 9.17) is 11.6 Å². The Balaban J connectivity index is 2.05. The van der Waals surface area contributed by atoms with Crippen molar-refractivity contribution in [3.63, 3.8) is 0 Å². The zero-order valence-corrected chi connectivity index (χ0v) is 12.8. The predicted molar refractivity (Wildman–Crippen MR) is 80.1 cm³/mol. The number of halogens is 2. The Kier molecular flexibility index (Phi) is 4.66. The van der Waals surface area contributed by atoms with Crippen molar-refractivity contribution in [1.82, 2.24) is 0 Å². The average molecular weight is 330 g/mol. The third-order valence-electron chi connectivity index (χ3n) is 2.67. The predicted octanol–water partition coefficient (Wildman–Crippen LogP) is 5.60. The van der Waals surface area contributed by atoms with Crippen molar-refractivity contribution in [2.24, 2.45) is 0 Å². The Morgan fingerprint density at radius 1 is 1.18 bits per heavy atom. The first-order chi connectivity index (χ1) is 8.19. The minimum atomic E-state index is 0.0847. The second-order valence-corrected chi connectivity index (χ2v) is 6.60. The van der Waals surface area contributed by atoms with Crippen LogP contribution in [0.15, 0.2) is 40.9 Å². The molecule has 0 saturated heterocycles. The highest BCUT2D eigenvalue weighted by Gasteiger charge is 2.11. The molecular formula is C14H14BrClS. The van der Waals surface area contributed by atoms with Crippen LogP contribution in [0.1, 0.15) is 27.6 Å². The smallest absolute Gasteiger partial charge is 0.0718 e. The molecule has 3 heteroatoms. The van der Waals surface area contributed by atoms with E-state index in [1.807, 2.05) is 11.3 Å². The number of aryl methyl sites for hydroxylation is 1. The fraction of sp³-hybridized carbons (Fsp3) is 0.286. The fourth-order valence-electron chi connectivity index (χ4n) is 1.68. The van der Waals surface area contributed by atoms with Crippen LogP contribution >= 0.6 is 38.9 Å². The molecule has 90 valence electrons. The summed E-state index contributed by atoms with van der Waals surface area (Å²) in [7, 11) is 0. The van der Waals surface area contributed by atoms with Crippen molar-refractivity contribution in [3.05, 3.63) is 56.2 Å². The molecule has 17 heavy (non-hydrogen) atoms. The molecule has 0 saturated carbocycles. The lowest BCUT2D eigenvalue weighted by atomic mass is 10.1. The maximum absolute atomic E-state index is 6.45. The minimum absolute atomic E-state index is 0.0847. The van der Waals surface area contributed by atoms with E-state index in [1.54, 1.807) is 0 Å². The van der Waals surface area contributed by atoms with Gasteiger partial charge in [-0.1, -0.05) is 35.0 Å². The van der Waals surface area contributed by atoms with Crippen molar-refractivity contribution in [3.8, 4) is 0 Å². The summed E-state index contributed by atoms with van der Waals surface area (Å²) in [6.07, 6.45) is 1.98. The van der Waals surface area contributed by atoms with Crippen LogP contribution in [0.25, 0.3) is 0 Å². The number of hydrogen-bond acceptors (Lipinski definition) is 1. The summed E-state index contributed by atoms with van der Waals surface area (Å²) in [4.78, 5) is 2.67. The summed E-state index contributed by atoms with van der Waals surface area (Å²) in [6, 6.07) is 12.7. The van der Waals surface area contributed by atoms with E-state index in [2.05, 4.69) is 59.3 Å². The Morgan fingerprint density at radius 2 is 1.88 bits per heavy atom. The summed E-state index contributed by atoms with van der Waals surface area (Å²) >= 11 is 11.7. The summed E-state index contributed by atoms with van der Waals surface area (Å²) in [5.41, 5.74) is 1.28. The Labute approximate surface area is 120 Å². The second kappa shape index (κ2) is 6.03. The summed E-state index contributed by atoms with van der Waals surface area (Å²) in [6.45, 7) is 2.17. The topological polar surface area (TPSA) is 0 Å². The lowest BCUT2D eigenvalue weighted by Gasteiger charge is -2.07. The molecule has 0 radical (unpaired) electrons. The molecule has 0 aliphatic carbocycles. The van der Waals surface area contributed by atoms with Gasteiger partial charge in [0.15, 0.2) is 0 Å². The van der Waals surface area contributed by atoms with Gasteiger partial charge in [-0.15, -0.1) is 22.9 Å². The normalized spacial score (nSPS) is 12.6. The average Bonchev–Trinajstić information content (AvgIpc) is 2.81. The molecule has 0 spiro atoms. The van der Waals surface area contributed by atoms with Gasteiger partial charge in [-0.3, -0.25) is 0 Å². The van der Waals surface area contributed by atoms with Gasteiger partial charge in [0.05, 0.1) is 5.38 Å². The van der Waals surface area contributed by atoms with E-state index in [0.29, 0.717) is 0 Å². The molecule has 2 rings (SSSR count). The van der Waals surface area contributed by atoms with Gasteiger partial charge in [-0.05, 0) is 42.7 Å². The SMILES string of the molecule is CCc1ccc(C(Cl)Cc2ccc(Br)cc2)s1. The molecular weight excluding hydrogens is 316 g/mol. The van der Waals surface area contributed by atoms with Crippen LogP contribution in [0.3, 0.4) is 0 Å². The maximum Gasteiger partial charge on any atom is 0.0718 e. The number of rotatable bonds is 4. The first kappa shape index (κ1) is 13.1. The van der Waals surface area contributed by atoms with E-state index >= 15 is 0 Å². The van der Waals surface area contributed by atoms with Crippen LogP contribution in [-0.4, -0.2) is 0 Å². The quantitative estimate of drug-likeness (QED) is 0.641. The highest BCUT2D eigenvalue weighted by molar-refractivity contribution is 9.10. The second-order valence-electron chi connectivity index (χ2n) is 3.96. The Morgan fingerprint density at radius 3 is 2.47 bits per heavy atom. The van der Waals surface area contributed by atoms with Crippen LogP contribution in [0, 0.1) is 0 Å². The van der Waals surface area contributed by atoms with Crippen LogP contribution in [0.5, 0.6) is 0 Å². The van der Waals surface area contributed by atoms with E-state index in [9.17, 15) is 0 Å². The highest BCUT2D eigenvalue weighted by atomic mass is 79.9. The van der Waals surface area contributed by atoms with Gasteiger partial charge in [-0.25, -0.2) is 0 Å². The van der Waals surface area contributed by atoms with Crippen molar-refractivity contribution in [2.45, 2.75) is 25.1 Å². The number of thiophene rings is 1. The number of benzene rings is 1. The number of hydrogen-bond donors (Lipinski definition) is 0. The van der Waals surface area contributed by atoms with E-state index in [-0.39, 0.29) is 5.38 Å². The largest absolute Gasteiger partial charge is 0.144 e. The van der Waals surface area contributed by atoms with E-state index < -0.39 is 0 Å². The molecule has 0 aliphatic heterocycles. The monoisotopic (exact) mass is 328 g/mol. The summed E-state index contributed by atoms with van der Waals surface area (Å²) < 4.78 is 1.11. The van der Waals surface area contributed by atoms with Gasteiger partial charge in [0.2, 0.25) is 0 Å². The van der Waals surface area contributed by atoms with Gasteiger partial charge in [0, 0.05) is 14.2 Å². The number of alkyl halides is 1. The van der Waals surface area contributed by atoms with E-state index in [1.165, 1.54) is 15.3 Å². The molecule has 0 bridgehead atoms. The molecule has 1 heterocycles. The van der Waals surface area contributed by atoms with Crippen molar-refractivity contribution < 1.29 is 0 Å². The summed E-state index contributed by atoms with van der Waals surface area (Å²) in [5, 5.41) is 0.0847. The molecule has 0 N–H and O–H groups in total. The molecule has 2 aromatic rings. The van der Waals surface area contributed by atoms with Gasteiger partial charge in [0.1, 0.15) is 0 Å². The van der Waals surface area contributed by atoms with Crippen LogP contribution < -0.4 is 0 Å². The fourth-order valence-corrected chi connectivity index (χ4v) is 3.26. The molecule has 1 unspecified atom stereocenters. The zero-order chi connectivity index (χ0) is 12.3.